The van der Waals surface area contributed by atoms with E-state index in [4.69, 9.17) is 37.0 Å². The molecule has 0 amide bonds. The summed E-state index contributed by atoms with van der Waals surface area (Å²) in [7, 11) is -9.92. The lowest BCUT2D eigenvalue weighted by Crippen LogP contribution is -2.30. The number of ether oxygens (including phenoxy) is 4. The van der Waals surface area contributed by atoms with Crippen LogP contribution in [0.25, 0.3) is 0 Å². The molecule has 0 bridgehead atoms. The lowest BCUT2D eigenvalue weighted by Gasteiger charge is -2.21. The van der Waals surface area contributed by atoms with Gasteiger partial charge in [-0.3, -0.25) is 37.3 Å². The monoisotopic (exact) mass is 1330 g/mol. The number of carbonyl (C=O) groups excluding carboxylic acids is 4. The van der Waals surface area contributed by atoms with Crippen molar-refractivity contribution in [3.05, 3.63) is 48.6 Å². The number of aliphatic hydroxyl groups excluding tert-OH is 1. The number of aliphatic hydroxyl groups is 1. The Labute approximate surface area is 553 Å². The fourth-order valence-corrected chi connectivity index (χ4v) is 11.5. The van der Waals surface area contributed by atoms with Crippen molar-refractivity contribution >= 4 is 39.5 Å². The maximum atomic E-state index is 13.0. The van der Waals surface area contributed by atoms with Crippen molar-refractivity contribution in [2.24, 2.45) is 0 Å². The summed E-state index contributed by atoms with van der Waals surface area (Å²) < 4.78 is 68.2. The Balaban J connectivity index is 5.28. The van der Waals surface area contributed by atoms with Gasteiger partial charge in [-0.1, -0.05) is 275 Å². The van der Waals surface area contributed by atoms with Crippen LogP contribution in [0.3, 0.4) is 0 Å². The van der Waals surface area contributed by atoms with E-state index in [9.17, 15) is 43.2 Å². The topological polar surface area (TPSA) is 237 Å². The molecule has 0 fully saturated rings. The van der Waals surface area contributed by atoms with Crippen molar-refractivity contribution in [3.63, 3.8) is 0 Å². The molecule has 0 radical (unpaired) electrons. The second-order valence-corrected chi connectivity index (χ2v) is 27.5. The summed E-state index contributed by atoms with van der Waals surface area (Å²) in [6, 6.07) is 0. The Morgan fingerprint density at radius 1 is 0.308 bits per heavy atom. The fourth-order valence-electron chi connectivity index (χ4n) is 9.97. The summed E-state index contributed by atoms with van der Waals surface area (Å²) >= 11 is 0. The molecule has 0 saturated carbocycles. The average molecular weight is 1330 g/mol. The third kappa shape index (κ3) is 65.5. The van der Waals surface area contributed by atoms with Gasteiger partial charge in [-0.15, -0.1) is 0 Å². The molecule has 2 unspecified atom stereocenters. The van der Waals surface area contributed by atoms with Crippen LogP contribution in [0.1, 0.15) is 329 Å². The van der Waals surface area contributed by atoms with E-state index in [1.165, 1.54) is 116 Å². The molecule has 0 spiro atoms. The molecular weight excluding hydrogens is 1200 g/mol. The number of hydrogen-bond acceptors (Lipinski definition) is 15. The molecule has 532 valence electrons. The Morgan fingerprint density at radius 2 is 0.527 bits per heavy atom. The molecule has 3 N–H and O–H groups in total. The van der Waals surface area contributed by atoms with E-state index in [1.54, 1.807) is 0 Å². The number of hydrogen-bond donors (Lipinski definition) is 3. The molecule has 0 rings (SSSR count). The highest BCUT2D eigenvalue weighted by molar-refractivity contribution is 7.47. The van der Waals surface area contributed by atoms with Crippen LogP contribution in [0.4, 0.5) is 0 Å². The lowest BCUT2D eigenvalue weighted by atomic mass is 10.0. The fraction of sp³-hybridized carbons (Fsp3) is 0.833. The molecule has 0 aromatic carbocycles. The number of unbranched alkanes of at least 4 members (excludes halogenated alkanes) is 37. The summed E-state index contributed by atoms with van der Waals surface area (Å²) in [5.74, 6) is -2.18. The Bertz CT molecular complexity index is 1930. The zero-order valence-corrected chi connectivity index (χ0v) is 59.6. The van der Waals surface area contributed by atoms with Crippen molar-refractivity contribution in [2.75, 3.05) is 39.6 Å². The van der Waals surface area contributed by atoms with Gasteiger partial charge in [-0.05, 0) is 77.0 Å². The molecule has 19 heteroatoms. The van der Waals surface area contributed by atoms with E-state index in [0.29, 0.717) is 25.7 Å². The molecule has 0 saturated heterocycles. The number of phosphoric ester groups is 2. The van der Waals surface area contributed by atoms with Crippen LogP contribution in [-0.4, -0.2) is 96.7 Å². The molecule has 0 aliphatic carbocycles. The summed E-state index contributed by atoms with van der Waals surface area (Å²) in [4.78, 5) is 72.4. The molecule has 0 aliphatic rings. The van der Waals surface area contributed by atoms with Gasteiger partial charge in [0.05, 0.1) is 26.4 Å². The van der Waals surface area contributed by atoms with E-state index in [0.717, 1.165) is 135 Å². The normalized spacial score (nSPS) is 14.3. The summed E-state index contributed by atoms with van der Waals surface area (Å²) in [5, 5.41) is 10.6. The average Bonchev–Trinajstić information content (AvgIpc) is 3.69. The van der Waals surface area contributed by atoms with Crippen molar-refractivity contribution in [1.29, 1.82) is 0 Å². The van der Waals surface area contributed by atoms with Gasteiger partial charge in [0.25, 0.3) is 0 Å². The first-order valence-electron chi connectivity index (χ1n) is 36.4. The van der Waals surface area contributed by atoms with Gasteiger partial charge in [-0.2, -0.15) is 0 Å². The quantitative estimate of drug-likeness (QED) is 0.0169. The second kappa shape index (κ2) is 65.7. The van der Waals surface area contributed by atoms with Crippen LogP contribution < -0.4 is 0 Å². The molecule has 5 atom stereocenters. The molecular formula is C72H132O17P2. The number of esters is 4. The standard InChI is InChI=1S/C72H132O17P2/c1-5-9-13-17-21-24-27-30-33-36-38-41-45-49-53-57-70(75)83-63-68(89-72(77)59-55-51-47-43-40-37-34-31-28-25-22-18-14-10-6-2)65-87-91(80,81)85-61-66(73)60-84-90(78,79)86-64-67(62-82-69(74)56-52-48-44-20-16-12-8-4)88-71(76)58-54-50-46-42-39-35-32-29-26-23-19-15-11-7-3/h24-25,27-28,30-31,33-34,66-68,73H,5-23,26,29,32,35-65H2,1-4H3,(H,78,79)(H,80,81)/b27-24-,28-25-,33-30-,34-31-/t66-,67+,68+/m0/s1. The molecule has 91 heavy (non-hydrogen) atoms. The number of rotatable bonds is 69. The smallest absolute Gasteiger partial charge is 0.462 e. The minimum Gasteiger partial charge on any atom is -0.462 e. The highest BCUT2D eigenvalue weighted by Gasteiger charge is 2.30. The van der Waals surface area contributed by atoms with Crippen LogP contribution in [0, 0.1) is 0 Å². The highest BCUT2D eigenvalue weighted by atomic mass is 31.2. The minimum atomic E-state index is -4.97. The Kier molecular flexibility index (Phi) is 63.5. The van der Waals surface area contributed by atoms with Crippen LogP contribution >= 0.6 is 15.6 Å². The Hall–Kier alpha value is -2.98. The maximum absolute atomic E-state index is 13.0. The number of allylic oxidation sites excluding steroid dienone is 8. The van der Waals surface area contributed by atoms with E-state index >= 15 is 0 Å². The van der Waals surface area contributed by atoms with E-state index in [1.807, 2.05) is 0 Å². The van der Waals surface area contributed by atoms with Crippen molar-refractivity contribution in [2.45, 2.75) is 348 Å². The van der Waals surface area contributed by atoms with Gasteiger partial charge >= 0.3 is 39.5 Å². The second-order valence-electron chi connectivity index (χ2n) is 24.6. The van der Waals surface area contributed by atoms with E-state index in [-0.39, 0.29) is 25.7 Å². The van der Waals surface area contributed by atoms with Gasteiger partial charge in [-0.25, -0.2) is 9.13 Å². The molecule has 0 aromatic rings. The van der Waals surface area contributed by atoms with E-state index in [2.05, 4.69) is 76.3 Å². The van der Waals surface area contributed by atoms with Gasteiger partial charge in [0.1, 0.15) is 19.3 Å². The van der Waals surface area contributed by atoms with Gasteiger partial charge in [0.15, 0.2) is 12.2 Å². The summed E-state index contributed by atoms with van der Waals surface area (Å²) in [5.41, 5.74) is 0. The molecule has 0 aliphatic heterocycles. The van der Waals surface area contributed by atoms with Gasteiger partial charge in [0.2, 0.25) is 0 Å². The van der Waals surface area contributed by atoms with Crippen LogP contribution in [0.2, 0.25) is 0 Å². The highest BCUT2D eigenvalue weighted by Crippen LogP contribution is 2.45. The predicted octanol–water partition coefficient (Wildman–Crippen LogP) is 20.2. The van der Waals surface area contributed by atoms with Crippen molar-refractivity contribution in [3.8, 4) is 0 Å². The maximum Gasteiger partial charge on any atom is 0.472 e. The van der Waals surface area contributed by atoms with Crippen LogP contribution in [0.5, 0.6) is 0 Å². The van der Waals surface area contributed by atoms with Crippen molar-refractivity contribution < 1.29 is 80.2 Å². The largest absolute Gasteiger partial charge is 0.472 e. The minimum absolute atomic E-state index is 0.0785. The summed E-state index contributed by atoms with van der Waals surface area (Å²) in [6.45, 7) is 4.79. The van der Waals surface area contributed by atoms with Gasteiger partial charge in [0, 0.05) is 25.7 Å². The van der Waals surface area contributed by atoms with E-state index < -0.39 is 97.5 Å². The zero-order valence-electron chi connectivity index (χ0n) is 57.8. The first kappa shape index (κ1) is 88.0. The predicted molar refractivity (Wildman–Crippen MR) is 367 cm³/mol. The number of phosphoric acid groups is 2. The van der Waals surface area contributed by atoms with Crippen molar-refractivity contribution in [1.82, 2.24) is 0 Å². The lowest BCUT2D eigenvalue weighted by molar-refractivity contribution is -0.161. The molecule has 17 nitrogen and oxygen atoms in total. The molecule has 0 aromatic heterocycles. The van der Waals surface area contributed by atoms with Crippen LogP contribution in [-0.2, 0) is 65.4 Å². The Morgan fingerprint density at radius 3 is 0.802 bits per heavy atom. The third-order valence-corrected chi connectivity index (χ3v) is 17.5. The zero-order chi connectivity index (χ0) is 66.8. The SMILES string of the molecule is CCCCCC/C=C\C=C/CCCCCCCC(=O)OC[C@H](COP(=O)(O)OC[C@@H](O)COP(=O)(O)OC[C@@H](COC(=O)CCCCCCCCC)OC(=O)CCCCCCCCCCCCCCCC)OC(=O)CCCCCCC/C=C\C=C/CCCCCC. The molecule has 0 heterocycles. The van der Waals surface area contributed by atoms with Gasteiger partial charge < -0.3 is 33.8 Å². The first-order chi connectivity index (χ1) is 44.2. The summed E-state index contributed by atoms with van der Waals surface area (Å²) in [6.07, 6.45) is 59.9. The van der Waals surface area contributed by atoms with Crippen LogP contribution in [0.15, 0.2) is 48.6 Å². The first-order valence-corrected chi connectivity index (χ1v) is 39.4. The third-order valence-electron chi connectivity index (χ3n) is 15.6. The number of carbonyl (C=O) groups is 4.